The second kappa shape index (κ2) is 6.35. The minimum Gasteiger partial charge on any atom is -0.454 e. The molecule has 2 heterocycles. The normalized spacial score (nSPS) is 22.0. The molecule has 21 heavy (non-hydrogen) atoms. The molecule has 2 unspecified atom stereocenters. The maximum atomic E-state index is 11.1. The molecule has 1 saturated heterocycles. The molecule has 2 N–H and O–H groups in total. The third-order valence-electron chi connectivity index (χ3n) is 4.09. The van der Waals surface area contributed by atoms with Gasteiger partial charge in [-0.1, -0.05) is 6.07 Å². The maximum Gasteiger partial charge on any atom is 0.231 e. The van der Waals surface area contributed by atoms with Gasteiger partial charge in [-0.2, -0.15) is 0 Å². The highest BCUT2D eigenvalue weighted by Crippen LogP contribution is 2.32. The Morgan fingerprint density at radius 2 is 2.24 bits per heavy atom. The Hall–Kier alpha value is -1.75. The van der Waals surface area contributed by atoms with Crippen LogP contribution in [0.3, 0.4) is 0 Å². The lowest BCUT2D eigenvalue weighted by atomic mass is 10.0. The first-order chi connectivity index (χ1) is 10.2. The first-order valence-corrected chi connectivity index (χ1v) is 7.62. The smallest absolute Gasteiger partial charge is 0.231 e. The summed E-state index contributed by atoms with van der Waals surface area (Å²) in [6, 6.07) is 6.97. The predicted molar refractivity (Wildman–Crippen MR) is 79.5 cm³/mol. The van der Waals surface area contributed by atoms with Gasteiger partial charge >= 0.3 is 0 Å². The van der Waals surface area contributed by atoms with Crippen molar-refractivity contribution in [3.05, 3.63) is 23.8 Å². The van der Waals surface area contributed by atoms with E-state index < -0.39 is 0 Å². The highest BCUT2D eigenvalue weighted by molar-refractivity contribution is 5.76. The predicted octanol–water partition coefficient (Wildman–Crippen LogP) is 1.60. The van der Waals surface area contributed by atoms with Crippen LogP contribution in [0.5, 0.6) is 11.5 Å². The van der Waals surface area contributed by atoms with E-state index in [4.69, 9.17) is 9.47 Å². The number of nitrogens with one attached hydrogen (secondary N) is 2. The van der Waals surface area contributed by atoms with Crippen LogP contribution in [0.15, 0.2) is 18.2 Å². The van der Waals surface area contributed by atoms with Gasteiger partial charge in [0.2, 0.25) is 12.7 Å². The minimum atomic E-state index is 0.168. The summed E-state index contributed by atoms with van der Waals surface area (Å²) in [4.78, 5) is 11.1. The fourth-order valence-electron chi connectivity index (χ4n) is 2.84. The minimum absolute atomic E-state index is 0.168. The van der Waals surface area contributed by atoms with Crippen molar-refractivity contribution < 1.29 is 14.3 Å². The second-order valence-electron chi connectivity index (χ2n) is 5.83. The van der Waals surface area contributed by atoms with Gasteiger partial charge in [-0.15, -0.1) is 0 Å². The summed E-state index contributed by atoms with van der Waals surface area (Å²) < 4.78 is 10.7. The lowest BCUT2D eigenvalue weighted by molar-refractivity contribution is -0.122. The zero-order chi connectivity index (χ0) is 14.7. The van der Waals surface area contributed by atoms with Gasteiger partial charge < -0.3 is 20.1 Å². The number of amides is 1. The first-order valence-electron chi connectivity index (χ1n) is 7.62. The third kappa shape index (κ3) is 3.67. The van der Waals surface area contributed by atoms with Gasteiger partial charge in [-0.3, -0.25) is 4.79 Å². The molecule has 1 amide bonds. The molecule has 1 fully saturated rings. The average molecular weight is 290 g/mol. The van der Waals surface area contributed by atoms with Crippen molar-refractivity contribution in [2.75, 3.05) is 13.3 Å². The number of carbonyl (C=O) groups is 1. The summed E-state index contributed by atoms with van der Waals surface area (Å²) in [7, 11) is 0. The zero-order valence-corrected chi connectivity index (χ0v) is 12.4. The molecule has 1 aromatic carbocycles. The van der Waals surface area contributed by atoms with E-state index in [1.807, 2.05) is 6.07 Å². The molecular formula is C16H22N2O3. The summed E-state index contributed by atoms with van der Waals surface area (Å²) in [5, 5.41) is 6.50. The molecule has 2 atom stereocenters. The number of hydrogen-bond donors (Lipinski definition) is 2. The molecule has 2 aliphatic heterocycles. The van der Waals surface area contributed by atoms with Gasteiger partial charge in [-0.25, -0.2) is 0 Å². The molecular weight excluding hydrogens is 268 g/mol. The van der Waals surface area contributed by atoms with E-state index in [1.165, 1.54) is 5.56 Å². The molecule has 0 aromatic heterocycles. The first kappa shape index (κ1) is 14.2. The van der Waals surface area contributed by atoms with Crippen LogP contribution in [-0.2, 0) is 11.2 Å². The highest BCUT2D eigenvalue weighted by Gasteiger charge is 2.19. The molecule has 0 aliphatic carbocycles. The Balaban J connectivity index is 1.45. The lowest BCUT2D eigenvalue weighted by Crippen LogP contribution is -2.48. The van der Waals surface area contributed by atoms with E-state index in [1.54, 1.807) is 0 Å². The average Bonchev–Trinajstić information content (AvgIpc) is 2.95. The van der Waals surface area contributed by atoms with E-state index in [9.17, 15) is 4.79 Å². The van der Waals surface area contributed by atoms with E-state index in [0.717, 1.165) is 37.3 Å². The highest BCUT2D eigenvalue weighted by atomic mass is 16.7. The number of rotatable bonds is 5. The van der Waals surface area contributed by atoms with Crippen LogP contribution in [0.1, 0.15) is 31.7 Å². The SMILES string of the molecule is CC(CCc1ccc2c(c1)OCO2)NC1CCC(=O)NC1. The lowest BCUT2D eigenvalue weighted by Gasteiger charge is -2.27. The van der Waals surface area contributed by atoms with Crippen molar-refractivity contribution in [2.24, 2.45) is 0 Å². The molecule has 5 heteroatoms. The molecule has 0 spiro atoms. The van der Waals surface area contributed by atoms with Gasteiger partial charge in [0.1, 0.15) is 0 Å². The van der Waals surface area contributed by atoms with Gasteiger partial charge in [0.05, 0.1) is 0 Å². The third-order valence-corrected chi connectivity index (χ3v) is 4.09. The summed E-state index contributed by atoms with van der Waals surface area (Å²) in [5.41, 5.74) is 1.27. The topological polar surface area (TPSA) is 59.6 Å². The molecule has 2 aliphatic rings. The van der Waals surface area contributed by atoms with E-state index in [0.29, 0.717) is 25.3 Å². The number of hydrogen-bond acceptors (Lipinski definition) is 4. The summed E-state index contributed by atoms with van der Waals surface area (Å²) in [6.45, 7) is 3.26. The Bertz CT molecular complexity index is 508. The van der Waals surface area contributed by atoms with Crippen LogP contribution >= 0.6 is 0 Å². The summed E-state index contributed by atoms with van der Waals surface area (Å²) in [5.74, 6) is 1.85. The standard InChI is InChI=1S/C16H22N2O3/c1-11(18-13-5-7-16(19)17-9-13)2-3-12-4-6-14-15(8-12)21-10-20-14/h4,6,8,11,13,18H,2-3,5,7,9-10H2,1H3,(H,17,19). The number of benzene rings is 1. The molecule has 0 bridgehead atoms. The Labute approximate surface area is 125 Å². The number of ether oxygens (including phenoxy) is 2. The Kier molecular flexibility index (Phi) is 4.29. The van der Waals surface area contributed by atoms with Crippen LogP contribution in [0.25, 0.3) is 0 Å². The maximum absolute atomic E-state index is 11.1. The van der Waals surface area contributed by atoms with Gasteiger partial charge in [0.15, 0.2) is 11.5 Å². The molecule has 3 rings (SSSR count). The van der Waals surface area contributed by atoms with Crippen molar-refractivity contribution in [3.8, 4) is 11.5 Å². The van der Waals surface area contributed by atoms with Crippen LogP contribution in [0, 0.1) is 0 Å². The fourth-order valence-corrected chi connectivity index (χ4v) is 2.84. The Morgan fingerprint density at radius 1 is 1.38 bits per heavy atom. The quantitative estimate of drug-likeness (QED) is 0.865. The van der Waals surface area contributed by atoms with Crippen molar-refractivity contribution in [1.82, 2.24) is 10.6 Å². The Morgan fingerprint density at radius 3 is 3.05 bits per heavy atom. The monoisotopic (exact) mass is 290 g/mol. The van der Waals surface area contributed by atoms with Crippen LogP contribution < -0.4 is 20.1 Å². The molecule has 0 saturated carbocycles. The molecule has 1 aromatic rings. The fraction of sp³-hybridized carbons (Fsp3) is 0.562. The summed E-state index contributed by atoms with van der Waals surface area (Å²) >= 11 is 0. The van der Waals surface area contributed by atoms with Crippen LogP contribution in [0.4, 0.5) is 0 Å². The molecule has 0 radical (unpaired) electrons. The van der Waals surface area contributed by atoms with Crippen molar-refractivity contribution in [3.63, 3.8) is 0 Å². The van der Waals surface area contributed by atoms with E-state index >= 15 is 0 Å². The zero-order valence-electron chi connectivity index (χ0n) is 12.4. The molecule has 114 valence electrons. The van der Waals surface area contributed by atoms with Crippen molar-refractivity contribution >= 4 is 5.91 Å². The van der Waals surface area contributed by atoms with Gasteiger partial charge in [0, 0.05) is 25.0 Å². The second-order valence-corrected chi connectivity index (χ2v) is 5.83. The number of piperidine rings is 1. The van der Waals surface area contributed by atoms with Gasteiger partial charge in [0.25, 0.3) is 0 Å². The van der Waals surface area contributed by atoms with E-state index in [2.05, 4.69) is 29.7 Å². The van der Waals surface area contributed by atoms with E-state index in [-0.39, 0.29) is 5.91 Å². The summed E-state index contributed by atoms with van der Waals surface area (Å²) in [6.07, 6.45) is 3.63. The van der Waals surface area contributed by atoms with Crippen molar-refractivity contribution in [2.45, 2.75) is 44.7 Å². The van der Waals surface area contributed by atoms with Crippen molar-refractivity contribution in [1.29, 1.82) is 0 Å². The van der Waals surface area contributed by atoms with Crippen LogP contribution in [-0.4, -0.2) is 31.3 Å². The van der Waals surface area contributed by atoms with Gasteiger partial charge in [-0.05, 0) is 43.9 Å². The number of aryl methyl sites for hydroxylation is 1. The van der Waals surface area contributed by atoms with Crippen LogP contribution in [0.2, 0.25) is 0 Å². The number of carbonyl (C=O) groups excluding carboxylic acids is 1. The largest absolute Gasteiger partial charge is 0.454 e. The molecule has 5 nitrogen and oxygen atoms in total. The number of fused-ring (bicyclic) bond motifs is 1.